The van der Waals surface area contributed by atoms with Gasteiger partial charge in [-0.15, -0.1) is 0 Å². The highest BCUT2D eigenvalue weighted by Gasteiger charge is 2.37. The van der Waals surface area contributed by atoms with Crippen LogP contribution in [-0.4, -0.2) is 68.0 Å². The smallest absolute Gasteiger partial charge is 0.257 e. The van der Waals surface area contributed by atoms with Crippen molar-refractivity contribution in [3.63, 3.8) is 0 Å². The number of nitrogens with zero attached hydrogens (tertiary/aromatic N) is 6. The van der Waals surface area contributed by atoms with Crippen LogP contribution >= 0.6 is 0 Å². The Balaban J connectivity index is 0.000000458. The quantitative estimate of drug-likeness (QED) is 0.172. The minimum Gasteiger partial charge on any atom is -0.352 e. The minimum absolute atomic E-state index is 0.0115. The van der Waals surface area contributed by atoms with E-state index in [1.54, 1.807) is 24.5 Å². The summed E-state index contributed by atoms with van der Waals surface area (Å²) in [6, 6.07) is 7.23. The number of carbonyl (C=O) groups is 2. The van der Waals surface area contributed by atoms with Gasteiger partial charge in [-0.3, -0.25) is 9.59 Å². The van der Waals surface area contributed by atoms with E-state index >= 15 is 0 Å². The van der Waals surface area contributed by atoms with Crippen molar-refractivity contribution in [2.24, 2.45) is 5.41 Å². The molecule has 5 rings (SSSR count). The molecule has 2 amide bonds. The van der Waals surface area contributed by atoms with Crippen molar-refractivity contribution >= 4 is 17.8 Å². The zero-order chi connectivity index (χ0) is 42.3. The third kappa shape index (κ3) is 20.3. The van der Waals surface area contributed by atoms with Gasteiger partial charge >= 0.3 is 0 Å². The average molecular weight is 782 g/mol. The summed E-state index contributed by atoms with van der Waals surface area (Å²) in [7, 11) is 0. The van der Waals surface area contributed by atoms with Gasteiger partial charge in [-0.25, -0.2) is 14.4 Å². The monoisotopic (exact) mass is 782 g/mol. The third-order valence-corrected chi connectivity index (χ3v) is 8.77. The normalized spacial score (nSPS) is 14.6. The average Bonchev–Trinajstić information content (AvgIpc) is 3.71. The van der Waals surface area contributed by atoms with Gasteiger partial charge in [0.2, 0.25) is 17.7 Å². The topological polar surface area (TPSA) is 117 Å². The van der Waals surface area contributed by atoms with E-state index in [2.05, 4.69) is 90.6 Å². The highest BCUT2D eigenvalue weighted by molar-refractivity contribution is 5.94. The van der Waals surface area contributed by atoms with Crippen LogP contribution in [0.2, 0.25) is 0 Å². The molecule has 0 spiro atoms. The van der Waals surface area contributed by atoms with E-state index in [-0.39, 0.29) is 23.7 Å². The van der Waals surface area contributed by atoms with Crippen LogP contribution in [-0.2, 0) is 4.79 Å². The van der Waals surface area contributed by atoms with Crippen molar-refractivity contribution in [1.82, 2.24) is 30.3 Å². The Kier molecular flexibility index (Phi) is 24.1. The Morgan fingerprint density at radius 3 is 1.82 bits per heavy atom. The van der Waals surface area contributed by atoms with Crippen LogP contribution in [0.4, 0.5) is 10.3 Å². The summed E-state index contributed by atoms with van der Waals surface area (Å²) < 4.78 is 17.1. The first kappa shape index (κ1) is 50.1. The number of aromatic nitrogens is 4. The molecule has 1 atom stereocenters. The molecular formula is C45H76FN7O3. The molecule has 0 unspecified atom stereocenters. The zero-order valence-electron chi connectivity index (χ0n) is 37.3. The van der Waals surface area contributed by atoms with E-state index in [1.165, 1.54) is 31.9 Å². The lowest BCUT2D eigenvalue weighted by atomic mass is 9.98. The molecule has 0 bridgehead atoms. The number of anilines is 1. The highest BCUT2D eigenvalue weighted by Crippen LogP contribution is 2.33. The van der Waals surface area contributed by atoms with Crippen LogP contribution in [0.5, 0.6) is 0 Å². The van der Waals surface area contributed by atoms with Crippen LogP contribution in [0.15, 0.2) is 41.2 Å². The van der Waals surface area contributed by atoms with Gasteiger partial charge in [-0.1, -0.05) is 118 Å². The number of amides is 2. The lowest BCUT2D eigenvalue weighted by molar-refractivity contribution is -0.119. The number of rotatable bonds is 14. The van der Waals surface area contributed by atoms with Crippen LogP contribution < -0.4 is 10.2 Å². The second-order valence-electron chi connectivity index (χ2n) is 16.3. The lowest BCUT2D eigenvalue weighted by Crippen LogP contribution is -2.42. The minimum atomic E-state index is -0.171. The van der Waals surface area contributed by atoms with Gasteiger partial charge in [0.1, 0.15) is 5.82 Å². The largest absolute Gasteiger partial charge is 0.352 e. The standard InChI is InChI=1S/C21H33N5O2.C10H18N2O.C7H7F.C5H12.C2H6/c1-4-6-18(7-5-2)26(19-8-9-19)20(28)16-12-22-21(23-13-16)25-11-10-17(14-25)24-15(3)27;1-4-6-9(7-5-2)10-11-8(3)13-12-10;1-6-2-4-7(8)5-3-6;1-5(2,3)4;1-2/h12-13,17-19H,4-11,14H2,1-3H3,(H,24,27);9H,4-7H2,1-3H3;2-5H,1H3;1-4H3;1-2H3/t17-;;;;/m1..../s1. The number of hydrogen-bond donors (Lipinski definition) is 1. The summed E-state index contributed by atoms with van der Waals surface area (Å²) in [6.07, 6.45) is 15.4. The molecule has 1 saturated carbocycles. The SMILES string of the molecule is CC.CC(C)(C)C.CCCC(CCC)N(C(=O)c1cnc(N2CC[C@@H](NC(C)=O)C2)nc1)C1CC1.CCCC(CCC)c1noc(C)n1.Cc1ccc(F)cc1. The Morgan fingerprint density at radius 1 is 0.893 bits per heavy atom. The van der Waals surface area contributed by atoms with Crippen molar-refractivity contribution in [3.8, 4) is 0 Å². The Morgan fingerprint density at radius 2 is 1.41 bits per heavy atom. The van der Waals surface area contributed by atoms with Crippen molar-refractivity contribution in [2.45, 2.75) is 185 Å². The summed E-state index contributed by atoms with van der Waals surface area (Å²) >= 11 is 0. The molecule has 0 radical (unpaired) electrons. The van der Waals surface area contributed by atoms with Crippen LogP contribution in [0, 0.1) is 25.1 Å². The Hall–Kier alpha value is -3.89. The third-order valence-electron chi connectivity index (χ3n) is 8.77. The molecule has 316 valence electrons. The summed E-state index contributed by atoms with van der Waals surface area (Å²) in [6.45, 7) is 28.3. The van der Waals surface area contributed by atoms with E-state index in [0.29, 0.717) is 47.4 Å². The van der Waals surface area contributed by atoms with Crippen LogP contribution in [0.3, 0.4) is 0 Å². The molecular weight excluding hydrogens is 706 g/mol. The fourth-order valence-corrected chi connectivity index (χ4v) is 6.28. The molecule has 10 nitrogen and oxygen atoms in total. The number of halogens is 1. The van der Waals surface area contributed by atoms with Gasteiger partial charge in [0, 0.05) is 63.4 Å². The number of aryl methyl sites for hydroxylation is 2. The molecule has 11 heteroatoms. The molecule has 3 aromatic rings. The predicted octanol–water partition coefficient (Wildman–Crippen LogP) is 11.0. The first-order valence-corrected chi connectivity index (χ1v) is 21.3. The van der Waals surface area contributed by atoms with Crippen molar-refractivity contribution in [2.75, 3.05) is 18.0 Å². The van der Waals surface area contributed by atoms with Gasteiger partial charge in [0.25, 0.3) is 5.91 Å². The van der Waals surface area contributed by atoms with E-state index in [1.807, 2.05) is 27.7 Å². The molecule has 1 aromatic carbocycles. The molecule has 2 aromatic heterocycles. The fourth-order valence-electron chi connectivity index (χ4n) is 6.28. The molecule has 56 heavy (non-hydrogen) atoms. The molecule has 1 saturated heterocycles. The summed E-state index contributed by atoms with van der Waals surface area (Å²) in [5.74, 6) is 2.57. The maximum absolute atomic E-state index is 13.2. The molecule has 1 aliphatic carbocycles. The van der Waals surface area contributed by atoms with Crippen molar-refractivity contribution in [1.29, 1.82) is 0 Å². The second-order valence-corrected chi connectivity index (χ2v) is 16.3. The Bertz CT molecular complexity index is 1450. The van der Waals surface area contributed by atoms with E-state index in [9.17, 15) is 14.0 Å². The van der Waals surface area contributed by atoms with Gasteiger partial charge < -0.3 is 19.6 Å². The van der Waals surface area contributed by atoms with Crippen molar-refractivity contribution in [3.05, 3.63) is 65.3 Å². The molecule has 1 aliphatic heterocycles. The second kappa shape index (κ2) is 26.9. The van der Waals surface area contributed by atoms with E-state index < -0.39 is 0 Å². The van der Waals surface area contributed by atoms with Crippen molar-refractivity contribution < 1.29 is 18.5 Å². The number of hydrogen-bond acceptors (Lipinski definition) is 8. The maximum atomic E-state index is 13.2. The first-order chi connectivity index (χ1) is 26.6. The summed E-state index contributed by atoms with van der Waals surface area (Å²) in [5, 5.41) is 6.91. The Labute approximate surface area is 339 Å². The van der Waals surface area contributed by atoms with Gasteiger partial charge in [-0.05, 0) is 69.4 Å². The summed E-state index contributed by atoms with van der Waals surface area (Å²) in [5.41, 5.74) is 2.16. The van der Waals surface area contributed by atoms with Gasteiger partial charge in [-0.2, -0.15) is 4.98 Å². The number of carbonyl (C=O) groups excluding carboxylic acids is 2. The molecule has 3 heterocycles. The van der Waals surface area contributed by atoms with Crippen LogP contribution in [0.1, 0.15) is 180 Å². The van der Waals surface area contributed by atoms with Crippen LogP contribution in [0.25, 0.3) is 0 Å². The maximum Gasteiger partial charge on any atom is 0.257 e. The van der Waals surface area contributed by atoms with Gasteiger partial charge in [0.15, 0.2) is 5.82 Å². The first-order valence-electron chi connectivity index (χ1n) is 21.3. The van der Waals surface area contributed by atoms with Gasteiger partial charge in [0.05, 0.1) is 5.56 Å². The highest BCUT2D eigenvalue weighted by atomic mass is 19.1. The molecule has 2 fully saturated rings. The number of nitrogens with one attached hydrogen (secondary N) is 1. The summed E-state index contributed by atoms with van der Waals surface area (Å²) in [4.78, 5) is 41.8. The zero-order valence-corrected chi connectivity index (χ0v) is 37.3. The number of benzene rings is 1. The van der Waals surface area contributed by atoms with E-state index in [0.717, 1.165) is 75.7 Å². The van der Waals surface area contributed by atoms with E-state index in [4.69, 9.17) is 4.52 Å². The fraction of sp³-hybridized carbons (Fsp3) is 0.689. The molecule has 2 aliphatic rings. The predicted molar refractivity (Wildman–Crippen MR) is 228 cm³/mol. The lowest BCUT2D eigenvalue weighted by Gasteiger charge is -2.32. The molecule has 1 N–H and O–H groups in total.